The fourth-order valence-corrected chi connectivity index (χ4v) is 3.12. The van der Waals surface area contributed by atoms with E-state index in [2.05, 4.69) is 69.0 Å². The van der Waals surface area contributed by atoms with Crippen molar-refractivity contribution in [1.29, 1.82) is 0 Å². The van der Waals surface area contributed by atoms with E-state index in [9.17, 15) is 0 Å². The molecule has 0 aliphatic carbocycles. The summed E-state index contributed by atoms with van der Waals surface area (Å²) in [7, 11) is 0. The molecule has 0 unspecified atom stereocenters. The molecule has 2 nitrogen and oxygen atoms in total. The van der Waals surface area contributed by atoms with Crippen LogP contribution in [0.2, 0.25) is 0 Å². The van der Waals surface area contributed by atoms with Crippen molar-refractivity contribution in [3.05, 3.63) is 45.2 Å². The molecule has 4 heteroatoms. The molecule has 2 aromatic rings. The van der Waals surface area contributed by atoms with E-state index in [1.54, 1.807) is 0 Å². The Hall–Kier alpha value is -0.610. The maximum Gasteiger partial charge on any atom is 0.0660 e. The lowest BCUT2D eigenvalue weighted by Gasteiger charge is -2.07. The largest absolute Gasteiger partial charge is 0.238 e. The van der Waals surface area contributed by atoms with E-state index in [-0.39, 0.29) is 0 Å². The molecular formula is C13H14Br2N2. The first-order valence-electron chi connectivity index (χ1n) is 5.42. The van der Waals surface area contributed by atoms with Gasteiger partial charge in [-0.3, -0.25) is 0 Å². The van der Waals surface area contributed by atoms with Gasteiger partial charge in [-0.1, -0.05) is 37.9 Å². The highest BCUT2D eigenvalue weighted by Crippen LogP contribution is 2.24. The molecular weight excluding hydrogens is 344 g/mol. The topological polar surface area (TPSA) is 17.8 Å². The van der Waals surface area contributed by atoms with Gasteiger partial charge in [0.2, 0.25) is 0 Å². The van der Waals surface area contributed by atoms with Gasteiger partial charge in [0.25, 0.3) is 0 Å². The van der Waals surface area contributed by atoms with Crippen molar-refractivity contribution < 1.29 is 0 Å². The second-order valence-electron chi connectivity index (χ2n) is 4.12. The third-order valence-corrected chi connectivity index (χ3v) is 4.42. The maximum atomic E-state index is 4.56. The van der Waals surface area contributed by atoms with E-state index in [0.29, 0.717) is 0 Å². The molecule has 2 rings (SSSR count). The summed E-state index contributed by atoms with van der Waals surface area (Å²) >= 11 is 7.05. The SMILES string of the molecule is Cc1nn(-c2ccc(CBr)c(Br)c2)c(C)c1C. The molecule has 0 saturated heterocycles. The van der Waals surface area contributed by atoms with Crippen LogP contribution >= 0.6 is 31.9 Å². The minimum Gasteiger partial charge on any atom is -0.238 e. The fourth-order valence-electron chi connectivity index (χ4n) is 1.75. The second-order valence-corrected chi connectivity index (χ2v) is 5.53. The number of aryl methyl sites for hydroxylation is 1. The van der Waals surface area contributed by atoms with E-state index in [0.717, 1.165) is 21.2 Å². The van der Waals surface area contributed by atoms with Gasteiger partial charge < -0.3 is 0 Å². The van der Waals surface area contributed by atoms with Crippen LogP contribution in [0.15, 0.2) is 22.7 Å². The summed E-state index contributed by atoms with van der Waals surface area (Å²) in [6, 6.07) is 6.32. The molecule has 0 saturated carbocycles. The Bertz CT molecular complexity index is 559. The van der Waals surface area contributed by atoms with Crippen LogP contribution in [0.3, 0.4) is 0 Å². The molecule has 0 spiro atoms. The summed E-state index contributed by atoms with van der Waals surface area (Å²) in [5, 5.41) is 5.41. The molecule has 0 fully saturated rings. The molecule has 0 aliphatic rings. The van der Waals surface area contributed by atoms with Crippen molar-refractivity contribution in [3.63, 3.8) is 0 Å². The average molecular weight is 358 g/mol. The standard InChI is InChI=1S/C13H14Br2N2/c1-8-9(2)16-17(10(8)3)12-5-4-11(7-14)13(15)6-12/h4-6H,7H2,1-3H3. The molecule has 90 valence electrons. The van der Waals surface area contributed by atoms with Gasteiger partial charge in [-0.2, -0.15) is 5.10 Å². The van der Waals surface area contributed by atoms with Crippen molar-refractivity contribution in [1.82, 2.24) is 9.78 Å². The minimum absolute atomic E-state index is 0.851. The first kappa shape index (κ1) is 12.8. The molecule has 0 radical (unpaired) electrons. The summed E-state index contributed by atoms with van der Waals surface area (Å²) in [6.07, 6.45) is 0. The number of hydrogen-bond donors (Lipinski definition) is 0. The van der Waals surface area contributed by atoms with Crippen LogP contribution in [0.25, 0.3) is 5.69 Å². The Kier molecular flexibility index (Phi) is 3.73. The molecule has 0 N–H and O–H groups in total. The summed E-state index contributed by atoms with van der Waals surface area (Å²) in [5.74, 6) is 0. The van der Waals surface area contributed by atoms with Crippen LogP contribution in [0.4, 0.5) is 0 Å². The van der Waals surface area contributed by atoms with Gasteiger partial charge in [-0.25, -0.2) is 4.68 Å². The Morgan fingerprint density at radius 3 is 2.41 bits per heavy atom. The van der Waals surface area contributed by atoms with Crippen LogP contribution in [-0.4, -0.2) is 9.78 Å². The quantitative estimate of drug-likeness (QED) is 0.726. The van der Waals surface area contributed by atoms with E-state index in [1.165, 1.54) is 16.8 Å². The highest BCUT2D eigenvalue weighted by atomic mass is 79.9. The number of nitrogens with zero attached hydrogens (tertiary/aromatic N) is 2. The lowest BCUT2D eigenvalue weighted by atomic mass is 10.2. The van der Waals surface area contributed by atoms with E-state index in [1.807, 2.05) is 11.6 Å². The van der Waals surface area contributed by atoms with Gasteiger partial charge in [-0.05, 0) is 44.0 Å². The number of hydrogen-bond acceptors (Lipinski definition) is 1. The summed E-state index contributed by atoms with van der Waals surface area (Å²) < 4.78 is 3.10. The van der Waals surface area contributed by atoms with Crippen molar-refractivity contribution in [3.8, 4) is 5.69 Å². The summed E-state index contributed by atoms with van der Waals surface area (Å²) in [5.41, 5.74) is 5.87. The molecule has 1 aromatic carbocycles. The van der Waals surface area contributed by atoms with Crippen LogP contribution < -0.4 is 0 Å². The average Bonchev–Trinajstić information content (AvgIpc) is 2.57. The van der Waals surface area contributed by atoms with Crippen LogP contribution in [0.1, 0.15) is 22.5 Å². The van der Waals surface area contributed by atoms with Crippen molar-refractivity contribution in [2.24, 2.45) is 0 Å². The molecule has 0 amide bonds. The Labute approximate surface area is 118 Å². The Balaban J connectivity index is 2.53. The smallest absolute Gasteiger partial charge is 0.0660 e. The maximum absolute atomic E-state index is 4.56. The Morgan fingerprint density at radius 1 is 1.24 bits per heavy atom. The van der Waals surface area contributed by atoms with Crippen LogP contribution in [0, 0.1) is 20.8 Å². The predicted octanol–water partition coefficient (Wildman–Crippen LogP) is 4.45. The lowest BCUT2D eigenvalue weighted by Crippen LogP contribution is -1.99. The van der Waals surface area contributed by atoms with Crippen molar-refractivity contribution in [2.75, 3.05) is 0 Å². The fraction of sp³-hybridized carbons (Fsp3) is 0.308. The summed E-state index contributed by atoms with van der Waals surface area (Å²) in [4.78, 5) is 0. The molecule has 17 heavy (non-hydrogen) atoms. The van der Waals surface area contributed by atoms with Crippen LogP contribution in [0.5, 0.6) is 0 Å². The summed E-state index contributed by atoms with van der Waals surface area (Å²) in [6.45, 7) is 6.25. The van der Waals surface area contributed by atoms with Gasteiger partial charge in [0.05, 0.1) is 11.4 Å². The molecule has 1 aromatic heterocycles. The number of halogens is 2. The first-order chi connectivity index (χ1) is 8.04. The third kappa shape index (κ3) is 2.33. The second kappa shape index (κ2) is 4.94. The highest BCUT2D eigenvalue weighted by Gasteiger charge is 2.09. The molecule has 1 heterocycles. The zero-order chi connectivity index (χ0) is 12.6. The number of rotatable bonds is 2. The van der Waals surface area contributed by atoms with Gasteiger partial charge in [0.15, 0.2) is 0 Å². The van der Waals surface area contributed by atoms with Gasteiger partial charge in [0, 0.05) is 15.5 Å². The monoisotopic (exact) mass is 356 g/mol. The number of benzene rings is 1. The van der Waals surface area contributed by atoms with E-state index < -0.39 is 0 Å². The lowest BCUT2D eigenvalue weighted by molar-refractivity contribution is 0.832. The van der Waals surface area contributed by atoms with E-state index >= 15 is 0 Å². The normalized spacial score (nSPS) is 10.9. The zero-order valence-corrected chi connectivity index (χ0v) is 13.3. The predicted molar refractivity (Wildman–Crippen MR) is 78.1 cm³/mol. The van der Waals surface area contributed by atoms with Gasteiger partial charge in [0.1, 0.15) is 0 Å². The minimum atomic E-state index is 0.851. The van der Waals surface area contributed by atoms with Crippen LogP contribution in [-0.2, 0) is 5.33 Å². The first-order valence-corrected chi connectivity index (χ1v) is 7.33. The zero-order valence-electron chi connectivity index (χ0n) is 10.1. The van der Waals surface area contributed by atoms with Gasteiger partial charge in [-0.15, -0.1) is 0 Å². The number of alkyl halides is 1. The molecule has 0 aliphatic heterocycles. The van der Waals surface area contributed by atoms with Crippen molar-refractivity contribution >= 4 is 31.9 Å². The highest BCUT2D eigenvalue weighted by molar-refractivity contribution is 9.10. The third-order valence-electron chi connectivity index (χ3n) is 3.08. The molecule has 0 bridgehead atoms. The number of aromatic nitrogens is 2. The molecule has 0 atom stereocenters. The van der Waals surface area contributed by atoms with Crippen molar-refractivity contribution in [2.45, 2.75) is 26.1 Å². The Morgan fingerprint density at radius 2 is 1.94 bits per heavy atom. The van der Waals surface area contributed by atoms with E-state index in [4.69, 9.17) is 0 Å². The van der Waals surface area contributed by atoms with Gasteiger partial charge >= 0.3 is 0 Å².